The second kappa shape index (κ2) is 22.8. The van der Waals surface area contributed by atoms with Crippen molar-refractivity contribution in [3.05, 3.63) is 11.6 Å². The Kier molecular flexibility index (Phi) is 18.2. The standard InChI is InChI=1S/C52H88O22/c1-22(2)9-8-10-26(69-46-42(65)39(62)37(60)29(72-46)21-68-45-41(64)34(57)25(56)20-67-45)23-11-15-52(7)33(23)24(55)17-31-50(5)14-13-32(49(3,4)30(50)12-16-51(31,52)6)73-48-44(40(63)36(59)28(19-54)71-48)74-47-43(66)38(61)35(58)27(18-53)70-47/h9,23-48,53-66H,8,10-21H2,1-7H3. The molecule has 22 nitrogen and oxygen atoms in total. The highest BCUT2D eigenvalue weighted by atomic mass is 16.8. The van der Waals surface area contributed by atoms with Gasteiger partial charge in [-0.15, -0.1) is 0 Å². The summed E-state index contributed by atoms with van der Waals surface area (Å²) < 4.78 is 48.5. The molecule has 29 atom stereocenters. The quantitative estimate of drug-likeness (QED) is 0.0626. The van der Waals surface area contributed by atoms with Crippen molar-refractivity contribution in [3.63, 3.8) is 0 Å². The van der Waals surface area contributed by atoms with E-state index in [0.29, 0.717) is 38.5 Å². The number of hydrogen-bond donors (Lipinski definition) is 14. The van der Waals surface area contributed by atoms with E-state index in [2.05, 4.69) is 40.7 Å². The molecule has 0 aromatic heterocycles. The van der Waals surface area contributed by atoms with Crippen LogP contribution in [0.1, 0.15) is 106 Å². The Labute approximate surface area is 433 Å². The Bertz CT molecular complexity index is 1890. The van der Waals surface area contributed by atoms with Crippen LogP contribution in [0.2, 0.25) is 0 Å². The van der Waals surface area contributed by atoms with Crippen molar-refractivity contribution in [2.45, 2.75) is 241 Å². The first-order valence-corrected chi connectivity index (χ1v) is 26.9. The second-order valence-electron chi connectivity index (χ2n) is 24.6. The van der Waals surface area contributed by atoms with Crippen LogP contribution in [0, 0.1) is 45.3 Å². The first-order valence-electron chi connectivity index (χ1n) is 26.9. The molecule has 0 aromatic carbocycles. The van der Waals surface area contributed by atoms with Gasteiger partial charge in [-0.3, -0.25) is 0 Å². The molecule has 0 spiro atoms. The molecule has 4 aliphatic heterocycles. The van der Waals surface area contributed by atoms with Crippen molar-refractivity contribution < 1.29 is 109 Å². The van der Waals surface area contributed by atoms with E-state index >= 15 is 0 Å². The van der Waals surface area contributed by atoms with Crippen molar-refractivity contribution in [2.24, 2.45) is 45.3 Å². The van der Waals surface area contributed by atoms with Gasteiger partial charge in [-0.2, -0.15) is 0 Å². The molecule has 14 N–H and O–H groups in total. The van der Waals surface area contributed by atoms with E-state index in [1.54, 1.807) is 0 Å². The summed E-state index contributed by atoms with van der Waals surface area (Å²) in [4.78, 5) is 0. The number of ether oxygens (including phenoxy) is 8. The summed E-state index contributed by atoms with van der Waals surface area (Å²) in [6.45, 7) is 13.2. The zero-order chi connectivity index (χ0) is 54.1. The maximum absolute atomic E-state index is 12.7. The molecular weight excluding hydrogens is 977 g/mol. The number of hydrogen-bond acceptors (Lipinski definition) is 22. The maximum atomic E-state index is 12.7. The average Bonchev–Trinajstić information content (AvgIpc) is 3.73. The van der Waals surface area contributed by atoms with Crippen LogP contribution >= 0.6 is 0 Å². The highest BCUT2D eigenvalue weighted by molar-refractivity contribution is 5.20. The molecule has 8 fully saturated rings. The van der Waals surface area contributed by atoms with Crippen LogP contribution in [0.5, 0.6) is 0 Å². The number of rotatable bonds is 15. The van der Waals surface area contributed by atoms with Gasteiger partial charge < -0.3 is 109 Å². The maximum Gasteiger partial charge on any atom is 0.187 e. The molecule has 0 radical (unpaired) electrons. The van der Waals surface area contributed by atoms with Crippen LogP contribution in [0.3, 0.4) is 0 Å². The first kappa shape index (κ1) is 59.0. The smallest absolute Gasteiger partial charge is 0.187 e. The van der Waals surface area contributed by atoms with Crippen LogP contribution in [0.15, 0.2) is 11.6 Å². The molecule has 4 saturated heterocycles. The lowest BCUT2D eigenvalue weighted by Gasteiger charge is -2.70. The van der Waals surface area contributed by atoms with E-state index in [0.717, 1.165) is 24.8 Å². The van der Waals surface area contributed by atoms with E-state index < -0.39 is 160 Å². The molecule has 74 heavy (non-hydrogen) atoms. The number of fused-ring (bicyclic) bond motifs is 5. The minimum Gasteiger partial charge on any atom is -0.394 e. The SMILES string of the molecule is CC(C)=CCCC(OC1OC(COC2OCC(O)C(O)C2O)C(O)C(O)C1O)C1CCC2(C)C1C(O)CC1C3(C)CCC(OC4OC(CO)C(O)C(O)C4OC4OC(CO)C(O)C(O)C4O)C(C)(C)C3CCC12C. The molecule has 8 aliphatic rings. The highest BCUT2D eigenvalue weighted by Gasteiger charge is 2.71. The third-order valence-corrected chi connectivity index (χ3v) is 20.0. The van der Waals surface area contributed by atoms with Gasteiger partial charge in [0, 0.05) is 0 Å². The Morgan fingerprint density at radius 2 is 1.16 bits per heavy atom. The third-order valence-electron chi connectivity index (χ3n) is 20.0. The molecule has 0 bridgehead atoms. The fraction of sp³-hybridized carbons (Fsp3) is 0.962. The molecule has 0 aromatic rings. The number of allylic oxidation sites excluding steroid dienone is 2. The lowest BCUT2D eigenvalue weighted by Crippen LogP contribution is -2.67. The van der Waals surface area contributed by atoms with Crippen molar-refractivity contribution in [1.29, 1.82) is 0 Å². The summed E-state index contributed by atoms with van der Waals surface area (Å²) >= 11 is 0. The number of aliphatic hydroxyl groups excluding tert-OH is 14. The Balaban J connectivity index is 0.994. The Hall–Kier alpha value is -1.14. The first-order chi connectivity index (χ1) is 34.7. The summed E-state index contributed by atoms with van der Waals surface area (Å²) in [5.74, 6) is -0.291. The van der Waals surface area contributed by atoms with Gasteiger partial charge in [0.1, 0.15) is 91.6 Å². The van der Waals surface area contributed by atoms with Gasteiger partial charge in [0.15, 0.2) is 25.2 Å². The zero-order valence-corrected chi connectivity index (χ0v) is 43.8. The van der Waals surface area contributed by atoms with Gasteiger partial charge in [-0.05, 0) is 117 Å². The fourth-order valence-corrected chi connectivity index (χ4v) is 15.6. The zero-order valence-electron chi connectivity index (χ0n) is 43.8. The molecule has 4 saturated carbocycles. The van der Waals surface area contributed by atoms with E-state index in [9.17, 15) is 71.5 Å². The summed E-state index contributed by atoms with van der Waals surface area (Å²) in [7, 11) is 0. The number of aliphatic hydroxyl groups is 14. The normalized spacial score (nSPS) is 52.9. The van der Waals surface area contributed by atoms with E-state index in [4.69, 9.17) is 37.9 Å². The van der Waals surface area contributed by atoms with Gasteiger partial charge in [0.2, 0.25) is 0 Å². The van der Waals surface area contributed by atoms with Crippen molar-refractivity contribution >= 4 is 0 Å². The molecule has 428 valence electrons. The summed E-state index contributed by atoms with van der Waals surface area (Å²) in [5.41, 5.74) is -0.372. The van der Waals surface area contributed by atoms with Gasteiger partial charge >= 0.3 is 0 Å². The van der Waals surface area contributed by atoms with Crippen LogP contribution < -0.4 is 0 Å². The predicted octanol–water partition coefficient (Wildman–Crippen LogP) is -1.95. The molecular formula is C52H88O22. The molecule has 4 aliphatic carbocycles. The second-order valence-corrected chi connectivity index (χ2v) is 24.6. The Morgan fingerprint density at radius 1 is 0.581 bits per heavy atom. The predicted molar refractivity (Wildman–Crippen MR) is 256 cm³/mol. The minimum absolute atomic E-state index is 0.0577. The van der Waals surface area contributed by atoms with Gasteiger partial charge in [-0.1, -0.05) is 46.3 Å². The van der Waals surface area contributed by atoms with Gasteiger partial charge in [0.25, 0.3) is 0 Å². The van der Waals surface area contributed by atoms with E-state index in [1.807, 2.05) is 13.8 Å². The summed E-state index contributed by atoms with van der Waals surface area (Å²) in [6.07, 6.45) is -22.9. The van der Waals surface area contributed by atoms with Crippen molar-refractivity contribution in [1.82, 2.24) is 0 Å². The summed E-state index contributed by atoms with van der Waals surface area (Å²) in [6, 6.07) is 0. The van der Waals surface area contributed by atoms with Crippen LogP contribution in [-0.4, -0.2) is 233 Å². The lowest BCUT2D eigenvalue weighted by molar-refractivity contribution is -0.378. The molecule has 22 heteroatoms. The average molecular weight is 1070 g/mol. The Morgan fingerprint density at radius 3 is 1.81 bits per heavy atom. The van der Waals surface area contributed by atoms with E-state index in [1.165, 1.54) is 0 Å². The summed E-state index contributed by atoms with van der Waals surface area (Å²) in [5, 5.41) is 151. The van der Waals surface area contributed by atoms with Gasteiger partial charge in [0.05, 0.1) is 44.7 Å². The lowest BCUT2D eigenvalue weighted by atomic mass is 9.35. The van der Waals surface area contributed by atoms with Crippen LogP contribution in [0.4, 0.5) is 0 Å². The molecule has 4 heterocycles. The topological polar surface area (TPSA) is 357 Å². The molecule has 29 unspecified atom stereocenters. The largest absolute Gasteiger partial charge is 0.394 e. The van der Waals surface area contributed by atoms with Crippen LogP contribution in [0.25, 0.3) is 0 Å². The fourth-order valence-electron chi connectivity index (χ4n) is 15.6. The molecule has 0 amide bonds. The van der Waals surface area contributed by atoms with Crippen LogP contribution in [-0.2, 0) is 37.9 Å². The highest BCUT2D eigenvalue weighted by Crippen LogP contribution is 2.75. The minimum atomic E-state index is -1.81. The third kappa shape index (κ3) is 10.5. The van der Waals surface area contributed by atoms with Gasteiger partial charge in [-0.25, -0.2) is 0 Å². The van der Waals surface area contributed by atoms with Crippen molar-refractivity contribution in [2.75, 3.05) is 26.4 Å². The monoisotopic (exact) mass is 1060 g/mol. The van der Waals surface area contributed by atoms with Crippen molar-refractivity contribution in [3.8, 4) is 0 Å². The van der Waals surface area contributed by atoms with E-state index in [-0.39, 0.29) is 46.5 Å². The molecule has 8 rings (SSSR count).